The highest BCUT2D eigenvalue weighted by Crippen LogP contribution is 2.42. The molecule has 1 aliphatic rings. The summed E-state index contributed by atoms with van der Waals surface area (Å²) in [5, 5.41) is 16.5. The van der Waals surface area contributed by atoms with Crippen molar-refractivity contribution in [3.8, 4) is 0 Å². The van der Waals surface area contributed by atoms with Crippen LogP contribution >= 0.6 is 34.8 Å². The molecule has 0 unspecified atom stereocenters. The second kappa shape index (κ2) is 11.5. The average Bonchev–Trinajstić information content (AvgIpc) is 3.53. The van der Waals surface area contributed by atoms with Gasteiger partial charge in [0.1, 0.15) is 0 Å². The molecule has 34 heavy (non-hydrogen) atoms. The minimum atomic E-state index is -4.65. The van der Waals surface area contributed by atoms with E-state index in [1.54, 1.807) is 0 Å². The Labute approximate surface area is 207 Å². The molecular weight excluding hydrogens is 525 g/mol. The second-order valence-electron chi connectivity index (χ2n) is 7.79. The summed E-state index contributed by atoms with van der Waals surface area (Å²) in [5.41, 5.74) is -0.0637. The van der Waals surface area contributed by atoms with Crippen molar-refractivity contribution in [2.75, 3.05) is 5.32 Å². The molecule has 5 nitrogen and oxygen atoms in total. The Morgan fingerprint density at radius 2 is 1.62 bits per heavy atom. The highest BCUT2D eigenvalue weighted by atomic mass is 35.5. The van der Waals surface area contributed by atoms with E-state index in [0.29, 0.717) is 17.4 Å². The van der Waals surface area contributed by atoms with Gasteiger partial charge in [0.05, 0.1) is 22.5 Å². The Morgan fingerprint density at radius 3 is 2.09 bits per heavy atom. The molecule has 0 aliphatic heterocycles. The minimum absolute atomic E-state index is 0.102. The van der Waals surface area contributed by atoms with E-state index in [1.807, 2.05) is 0 Å². The van der Waals surface area contributed by atoms with Crippen LogP contribution in [0, 0.1) is 17.7 Å². The Morgan fingerprint density at radius 1 is 1.09 bits per heavy atom. The van der Waals surface area contributed by atoms with E-state index in [-0.39, 0.29) is 26.9 Å². The van der Waals surface area contributed by atoms with Gasteiger partial charge in [-0.2, -0.15) is 13.2 Å². The molecule has 1 aliphatic carbocycles. The summed E-state index contributed by atoms with van der Waals surface area (Å²) in [6.45, 7) is 0.900. The highest BCUT2D eigenvalue weighted by Gasteiger charge is 2.45. The van der Waals surface area contributed by atoms with Gasteiger partial charge in [0.15, 0.2) is 5.82 Å². The van der Waals surface area contributed by atoms with Gasteiger partial charge in [-0.15, -0.1) is 0 Å². The number of halogens is 7. The maximum absolute atomic E-state index is 15.1. The van der Waals surface area contributed by atoms with Crippen LogP contribution in [0.1, 0.15) is 36.8 Å². The van der Waals surface area contributed by atoms with Gasteiger partial charge >= 0.3 is 12.3 Å². The van der Waals surface area contributed by atoms with E-state index in [9.17, 15) is 18.0 Å². The van der Waals surface area contributed by atoms with Crippen LogP contribution in [-0.4, -0.2) is 28.5 Å². The predicted molar refractivity (Wildman–Crippen MR) is 122 cm³/mol. The third-order valence-corrected chi connectivity index (χ3v) is 6.12. The molecule has 2 atom stereocenters. The largest absolute Gasteiger partial charge is 0.503 e. The first kappa shape index (κ1) is 28.0. The normalized spacial score (nSPS) is 15.1. The Balaban J connectivity index is 0.000000945. The molecule has 0 saturated heterocycles. The molecule has 1 fully saturated rings. The highest BCUT2D eigenvalue weighted by molar-refractivity contribution is 6.37. The lowest BCUT2D eigenvalue weighted by Crippen LogP contribution is -2.34. The van der Waals surface area contributed by atoms with Crippen molar-refractivity contribution in [1.82, 2.24) is 0 Å². The van der Waals surface area contributed by atoms with Gasteiger partial charge in [-0.25, -0.2) is 9.18 Å². The fourth-order valence-electron chi connectivity index (χ4n) is 3.27. The van der Waals surface area contributed by atoms with Gasteiger partial charge in [0, 0.05) is 15.6 Å². The second-order valence-corrected chi connectivity index (χ2v) is 9.04. The maximum atomic E-state index is 15.1. The van der Waals surface area contributed by atoms with Gasteiger partial charge in [0.25, 0.3) is 0 Å². The summed E-state index contributed by atoms with van der Waals surface area (Å²) in [6.07, 6.45) is -4.21. The van der Waals surface area contributed by atoms with E-state index in [2.05, 4.69) is 5.32 Å². The molecule has 0 aromatic heterocycles. The first-order chi connectivity index (χ1) is 15.7. The number of amides is 1. The summed E-state index contributed by atoms with van der Waals surface area (Å²) in [6, 6.07) is 6.76. The first-order valence-electron chi connectivity index (χ1n) is 9.93. The van der Waals surface area contributed by atoms with Crippen LogP contribution in [0.2, 0.25) is 15.1 Å². The third kappa shape index (κ3) is 7.65. The zero-order valence-corrected chi connectivity index (χ0v) is 19.9. The van der Waals surface area contributed by atoms with E-state index in [4.69, 9.17) is 49.8 Å². The monoisotopic (exact) mass is 543 g/mol. The summed E-state index contributed by atoms with van der Waals surface area (Å²) < 4.78 is 55.5. The zero-order chi connectivity index (χ0) is 25.8. The topological polar surface area (TPSA) is 86.6 Å². The summed E-state index contributed by atoms with van der Waals surface area (Å²) >= 11 is 18.0. The van der Waals surface area contributed by atoms with Crippen LogP contribution in [0.25, 0.3) is 0 Å². The van der Waals surface area contributed by atoms with Crippen molar-refractivity contribution in [3.63, 3.8) is 0 Å². The third-order valence-electron chi connectivity index (χ3n) is 5.23. The molecule has 12 heteroatoms. The number of rotatable bonds is 6. The van der Waals surface area contributed by atoms with E-state index in [1.165, 1.54) is 30.3 Å². The van der Waals surface area contributed by atoms with Crippen LogP contribution in [0.5, 0.6) is 0 Å². The van der Waals surface area contributed by atoms with E-state index in [0.717, 1.165) is 19.8 Å². The van der Waals surface area contributed by atoms with Gasteiger partial charge in [-0.05, 0) is 48.9 Å². The molecular formula is C22H20Cl3F4NO4. The molecule has 3 rings (SSSR count). The van der Waals surface area contributed by atoms with Crippen LogP contribution < -0.4 is 5.32 Å². The van der Waals surface area contributed by atoms with E-state index >= 15 is 4.39 Å². The van der Waals surface area contributed by atoms with Crippen molar-refractivity contribution in [1.29, 1.82) is 0 Å². The van der Waals surface area contributed by atoms with Crippen molar-refractivity contribution >= 4 is 52.6 Å². The van der Waals surface area contributed by atoms with Crippen molar-refractivity contribution < 1.29 is 37.4 Å². The lowest BCUT2D eigenvalue weighted by Gasteiger charge is -2.26. The zero-order valence-electron chi connectivity index (χ0n) is 17.6. The molecule has 0 heterocycles. The fraction of sp³-hybridized carbons (Fsp3) is 0.364. The Bertz CT molecular complexity index is 1040. The molecule has 1 saturated carbocycles. The van der Waals surface area contributed by atoms with Gasteiger partial charge in [-0.3, -0.25) is 4.79 Å². The van der Waals surface area contributed by atoms with Gasteiger partial charge < -0.3 is 15.5 Å². The number of nitrogens with one attached hydrogen (secondary N) is 1. The summed E-state index contributed by atoms with van der Waals surface area (Å²) in [5.74, 6) is -5.20. The Kier molecular flexibility index (Phi) is 9.45. The Hall–Kier alpha value is -2.23. The van der Waals surface area contributed by atoms with Gasteiger partial charge in [0.2, 0.25) is 5.91 Å². The molecule has 0 bridgehead atoms. The van der Waals surface area contributed by atoms with Crippen LogP contribution in [-0.2, 0) is 11.2 Å². The number of carboxylic acid groups (broad SMARTS) is 2. The summed E-state index contributed by atoms with van der Waals surface area (Å²) in [7, 11) is 0. The maximum Gasteiger partial charge on any atom is 0.503 e. The van der Waals surface area contributed by atoms with Crippen molar-refractivity contribution in [2.45, 2.75) is 38.3 Å². The molecule has 186 valence electrons. The molecule has 0 spiro atoms. The smallest absolute Gasteiger partial charge is 0.450 e. The quantitative estimate of drug-likeness (QED) is 0.323. The SMILES string of the molecule is C[C@H]([C@H](C(=O)Nc1c(Cl)cc(Cl)c(CC2CC2)c1F)c1ccc(Cl)cc1)C(F)(F)F.O=C(O)O. The fourth-order valence-corrected chi connectivity index (χ4v) is 3.96. The number of alkyl halides is 3. The van der Waals surface area contributed by atoms with Crippen LogP contribution in [0.15, 0.2) is 30.3 Å². The minimum Gasteiger partial charge on any atom is -0.450 e. The average molecular weight is 545 g/mol. The van der Waals surface area contributed by atoms with E-state index < -0.39 is 35.9 Å². The lowest BCUT2D eigenvalue weighted by atomic mass is 9.85. The first-order valence-corrected chi connectivity index (χ1v) is 11.1. The molecule has 1 amide bonds. The number of benzene rings is 2. The van der Waals surface area contributed by atoms with Crippen molar-refractivity contribution in [3.05, 3.63) is 62.3 Å². The van der Waals surface area contributed by atoms with Crippen LogP contribution in [0.3, 0.4) is 0 Å². The van der Waals surface area contributed by atoms with Crippen LogP contribution in [0.4, 0.5) is 28.0 Å². The number of anilines is 1. The molecule has 0 radical (unpaired) electrons. The number of carbonyl (C=O) groups excluding carboxylic acids is 1. The number of carbonyl (C=O) groups is 2. The lowest BCUT2D eigenvalue weighted by molar-refractivity contribution is -0.178. The molecule has 3 N–H and O–H groups in total. The number of hydrogen-bond donors (Lipinski definition) is 3. The predicted octanol–water partition coefficient (Wildman–Crippen LogP) is 7.88. The molecule has 2 aromatic rings. The summed E-state index contributed by atoms with van der Waals surface area (Å²) in [4.78, 5) is 21.5. The molecule has 2 aromatic carbocycles. The number of hydrogen-bond acceptors (Lipinski definition) is 2. The van der Waals surface area contributed by atoms with Crippen molar-refractivity contribution in [2.24, 2.45) is 11.8 Å². The standard InChI is InChI=1S/C21H18Cl3F4NO.CH2O3/c1-10(21(26,27)28)17(12-4-6-13(22)7-5-12)20(30)29-19-16(24)9-15(23)14(18(19)25)8-11-2-3-11;2-1(3)4/h4-7,9-11,17H,2-3,8H2,1H3,(H,29,30);(H2,2,3,4)/t10-,17+;/m1./s1. The van der Waals surface area contributed by atoms with Gasteiger partial charge in [-0.1, -0.05) is 53.9 Å².